The highest BCUT2D eigenvalue weighted by atomic mass is 32.2. The first kappa shape index (κ1) is 16.1. The molecule has 0 aliphatic carbocycles. The Morgan fingerprint density at radius 1 is 1.47 bits per heavy atom. The van der Waals surface area contributed by atoms with Crippen LogP contribution in [0.2, 0.25) is 19.6 Å². The highest BCUT2D eigenvalue weighted by molar-refractivity contribution is 8.02. The van der Waals surface area contributed by atoms with E-state index in [4.69, 9.17) is 10.00 Å². The first-order valence-corrected chi connectivity index (χ1v) is 10.4. The molecule has 1 N–H and O–H groups in total. The Bertz CT molecular complexity index is 342. The Hall–Kier alpha value is -0.933. The van der Waals surface area contributed by atoms with Crippen molar-refractivity contribution in [3.05, 3.63) is 10.6 Å². The Morgan fingerprint density at radius 3 is 2.41 bits per heavy atom. The summed E-state index contributed by atoms with van der Waals surface area (Å²) in [5.74, 6) is -0.553. The van der Waals surface area contributed by atoms with Crippen LogP contribution in [0.4, 0.5) is 0 Å². The smallest absolute Gasteiger partial charge is 0.351 e. The monoisotopic (exact) mass is 272 g/mol. The number of nitrogens with zero attached hydrogens (tertiary/aromatic N) is 1. The minimum atomic E-state index is -1.27. The summed E-state index contributed by atoms with van der Waals surface area (Å²) in [5, 5.41) is 12.8. The summed E-state index contributed by atoms with van der Waals surface area (Å²) in [4.78, 5) is 11.6. The molecule has 0 rings (SSSR count). The Labute approximate surface area is 108 Å². The maximum Gasteiger partial charge on any atom is 0.351 e. The average Bonchev–Trinajstić information content (AvgIpc) is 2.22. The van der Waals surface area contributed by atoms with Crippen LogP contribution in [0.25, 0.3) is 0 Å². The molecule has 6 heteroatoms. The molecule has 0 aromatic carbocycles. The summed E-state index contributed by atoms with van der Waals surface area (Å²) in [7, 11) is -1.27. The van der Waals surface area contributed by atoms with Gasteiger partial charge in [0.2, 0.25) is 0 Å². The first-order chi connectivity index (χ1) is 7.85. The van der Waals surface area contributed by atoms with Crippen molar-refractivity contribution >= 4 is 25.8 Å². The molecule has 17 heavy (non-hydrogen) atoms. The van der Waals surface area contributed by atoms with Gasteiger partial charge >= 0.3 is 5.97 Å². The van der Waals surface area contributed by atoms with Crippen LogP contribution in [0.1, 0.15) is 6.92 Å². The fourth-order valence-corrected chi connectivity index (χ4v) is 2.39. The van der Waals surface area contributed by atoms with Crippen LogP contribution >= 0.6 is 11.8 Å². The number of nitrogens with one attached hydrogen (secondary N) is 1. The van der Waals surface area contributed by atoms with Gasteiger partial charge in [-0.3, -0.25) is 0 Å². The zero-order valence-electron chi connectivity index (χ0n) is 11.1. The molecule has 0 amide bonds. The molecular formula is C11H20N2O2SSi. The van der Waals surface area contributed by atoms with E-state index in [9.17, 15) is 4.79 Å². The normalized spacial score (nSPS) is 12.5. The van der Waals surface area contributed by atoms with Gasteiger partial charge in [-0.2, -0.15) is 5.26 Å². The summed E-state index contributed by atoms with van der Waals surface area (Å²) in [6, 6.07) is 1.91. The van der Waals surface area contributed by atoms with Gasteiger partial charge in [0.05, 0.1) is 19.7 Å². The third kappa shape index (κ3) is 6.39. The molecule has 0 aliphatic heterocycles. The fraction of sp³-hybridized carbons (Fsp3) is 0.636. The topological polar surface area (TPSA) is 62.1 Å². The zero-order valence-corrected chi connectivity index (χ0v) is 12.9. The number of carbonyl (C=O) groups is 1. The Balaban J connectivity index is 4.88. The molecule has 0 aliphatic rings. The van der Waals surface area contributed by atoms with Gasteiger partial charge in [-0.25, -0.2) is 4.79 Å². The minimum absolute atomic E-state index is 0.0672. The second-order valence-electron chi connectivity index (χ2n) is 4.65. The summed E-state index contributed by atoms with van der Waals surface area (Å²) in [5.41, 5.74) is 0.0672. The molecule has 0 radical (unpaired) electrons. The molecule has 0 unspecified atom stereocenters. The van der Waals surface area contributed by atoms with E-state index in [0.717, 1.165) is 6.17 Å². The van der Waals surface area contributed by atoms with Crippen molar-refractivity contribution in [2.45, 2.75) is 26.6 Å². The first-order valence-electron chi connectivity index (χ1n) is 5.45. The van der Waals surface area contributed by atoms with Crippen LogP contribution in [0.3, 0.4) is 0 Å². The van der Waals surface area contributed by atoms with Gasteiger partial charge in [0, 0.05) is 6.17 Å². The van der Waals surface area contributed by atoms with E-state index < -0.39 is 14.0 Å². The van der Waals surface area contributed by atoms with Gasteiger partial charge in [0.1, 0.15) is 6.07 Å². The lowest BCUT2D eigenvalue weighted by molar-refractivity contribution is -0.138. The molecule has 0 spiro atoms. The van der Waals surface area contributed by atoms with Crippen molar-refractivity contribution in [2.24, 2.45) is 0 Å². The maximum atomic E-state index is 11.6. The number of carbonyl (C=O) groups excluding carboxylic acids is 1. The Morgan fingerprint density at radius 2 is 2.06 bits per heavy atom. The van der Waals surface area contributed by atoms with E-state index in [1.165, 1.54) is 11.8 Å². The number of ether oxygens (including phenoxy) is 1. The number of hydrogen-bond donors (Lipinski definition) is 1. The lowest BCUT2D eigenvalue weighted by Gasteiger charge is -2.19. The number of rotatable bonds is 6. The van der Waals surface area contributed by atoms with Gasteiger partial charge < -0.3 is 10.1 Å². The third-order valence-electron chi connectivity index (χ3n) is 1.80. The molecule has 0 atom stereocenters. The van der Waals surface area contributed by atoms with Crippen molar-refractivity contribution in [2.75, 3.05) is 19.0 Å². The van der Waals surface area contributed by atoms with E-state index in [1.54, 1.807) is 6.92 Å². The second kappa shape index (κ2) is 7.40. The molecule has 0 aromatic rings. The summed E-state index contributed by atoms with van der Waals surface area (Å²) >= 11 is 1.36. The van der Waals surface area contributed by atoms with Crippen LogP contribution < -0.4 is 5.32 Å². The third-order valence-corrected chi connectivity index (χ3v) is 3.80. The van der Waals surface area contributed by atoms with Crippen molar-refractivity contribution in [3.63, 3.8) is 0 Å². The second-order valence-corrected chi connectivity index (χ2v) is 10.9. The molecule has 0 saturated carbocycles. The predicted molar refractivity (Wildman–Crippen MR) is 74.1 cm³/mol. The van der Waals surface area contributed by atoms with Gasteiger partial charge in [0.15, 0.2) is 5.57 Å². The van der Waals surface area contributed by atoms with Crippen molar-refractivity contribution in [1.82, 2.24) is 5.32 Å². The van der Waals surface area contributed by atoms with Gasteiger partial charge in [-0.05, 0) is 13.2 Å². The lowest BCUT2D eigenvalue weighted by Crippen LogP contribution is -2.36. The fourth-order valence-electron chi connectivity index (χ4n) is 1.00. The summed E-state index contributed by atoms with van der Waals surface area (Å²) in [6.45, 7) is 8.65. The number of esters is 1. The van der Waals surface area contributed by atoms with Crippen LogP contribution in [0.15, 0.2) is 10.6 Å². The predicted octanol–water partition coefficient (Wildman–Crippen LogP) is 2.11. The van der Waals surface area contributed by atoms with E-state index in [1.807, 2.05) is 12.3 Å². The number of nitriles is 1. The molecule has 4 nitrogen and oxygen atoms in total. The van der Waals surface area contributed by atoms with Crippen LogP contribution in [0.5, 0.6) is 0 Å². The summed E-state index contributed by atoms with van der Waals surface area (Å²) in [6.07, 6.45) is 2.66. The van der Waals surface area contributed by atoms with E-state index in [2.05, 4.69) is 25.0 Å². The van der Waals surface area contributed by atoms with Crippen LogP contribution in [0, 0.1) is 11.3 Å². The van der Waals surface area contributed by atoms with E-state index in [-0.39, 0.29) is 12.2 Å². The molecule has 0 fully saturated rings. The number of thioether (sulfide) groups is 1. The highest BCUT2D eigenvalue weighted by Crippen LogP contribution is 2.15. The minimum Gasteiger partial charge on any atom is -0.462 e. The molecule has 96 valence electrons. The largest absolute Gasteiger partial charge is 0.462 e. The zero-order chi connectivity index (χ0) is 13.5. The Kier molecular flexibility index (Phi) is 7.00. The van der Waals surface area contributed by atoms with Gasteiger partial charge in [-0.1, -0.05) is 19.6 Å². The van der Waals surface area contributed by atoms with E-state index >= 15 is 0 Å². The summed E-state index contributed by atoms with van der Waals surface area (Å²) < 4.78 is 4.85. The van der Waals surface area contributed by atoms with Crippen molar-refractivity contribution < 1.29 is 9.53 Å². The lowest BCUT2D eigenvalue weighted by atomic mass is 10.3. The SMILES string of the molecule is CCOC(=O)/C(C#N)=C(\NC[Si](C)(C)C)SC. The van der Waals surface area contributed by atoms with Crippen molar-refractivity contribution in [1.29, 1.82) is 5.26 Å². The quantitative estimate of drug-likeness (QED) is 0.347. The molecular weight excluding hydrogens is 252 g/mol. The molecule has 0 bridgehead atoms. The standard InChI is InChI=1S/C11H20N2O2SSi/c1-6-15-11(14)9(7-12)10(16-2)13-8-17(3,4)5/h13H,6,8H2,1-5H3/b10-9+. The molecule has 0 heterocycles. The molecule has 0 aromatic heterocycles. The number of hydrogen-bond acceptors (Lipinski definition) is 5. The van der Waals surface area contributed by atoms with Crippen LogP contribution in [-0.2, 0) is 9.53 Å². The van der Waals surface area contributed by atoms with Gasteiger partial charge in [0.25, 0.3) is 0 Å². The van der Waals surface area contributed by atoms with Gasteiger partial charge in [-0.15, -0.1) is 11.8 Å². The van der Waals surface area contributed by atoms with Crippen LogP contribution in [-0.4, -0.2) is 33.1 Å². The highest BCUT2D eigenvalue weighted by Gasteiger charge is 2.19. The van der Waals surface area contributed by atoms with E-state index in [0.29, 0.717) is 5.03 Å². The maximum absolute atomic E-state index is 11.6. The average molecular weight is 272 g/mol. The van der Waals surface area contributed by atoms with Crippen molar-refractivity contribution in [3.8, 4) is 6.07 Å². The molecule has 0 saturated heterocycles.